The van der Waals surface area contributed by atoms with E-state index in [1.165, 1.54) is 12.3 Å². The van der Waals surface area contributed by atoms with Crippen LogP contribution in [0.5, 0.6) is 0 Å². The van der Waals surface area contributed by atoms with Gasteiger partial charge in [0.25, 0.3) is 0 Å². The molecule has 7 heteroatoms. The smallest absolute Gasteiger partial charge is 0.358 e. The fourth-order valence-electron chi connectivity index (χ4n) is 1.78. The van der Waals surface area contributed by atoms with Crippen molar-refractivity contribution in [3.05, 3.63) is 41.8 Å². The molecule has 0 saturated heterocycles. The number of hydrogen-bond acceptors (Lipinski definition) is 4. The number of furan rings is 1. The molecule has 2 aromatic heterocycles. The zero-order chi connectivity index (χ0) is 13.6. The van der Waals surface area contributed by atoms with Gasteiger partial charge in [-0.15, -0.1) is 0 Å². The van der Waals surface area contributed by atoms with Gasteiger partial charge in [-0.1, -0.05) is 5.16 Å². The van der Waals surface area contributed by atoms with Gasteiger partial charge in [-0.2, -0.15) is 0 Å². The van der Waals surface area contributed by atoms with Crippen LogP contribution in [-0.2, 0) is 0 Å². The third-order valence-electron chi connectivity index (χ3n) is 2.62. The minimum atomic E-state index is -1.31. The summed E-state index contributed by atoms with van der Waals surface area (Å²) in [6.45, 7) is 0. The minimum absolute atomic E-state index is 0.0643. The maximum Gasteiger partial charge on any atom is 0.358 e. The van der Waals surface area contributed by atoms with Gasteiger partial charge in [0.2, 0.25) is 0 Å². The molecule has 3 aromatic rings. The van der Waals surface area contributed by atoms with E-state index in [4.69, 9.17) is 14.0 Å². The van der Waals surface area contributed by atoms with Crippen LogP contribution >= 0.6 is 0 Å². The summed E-state index contributed by atoms with van der Waals surface area (Å²) >= 11 is 0. The van der Waals surface area contributed by atoms with E-state index in [1.54, 1.807) is 0 Å². The maximum atomic E-state index is 13.8. The molecule has 0 spiro atoms. The Kier molecular flexibility index (Phi) is 2.34. The lowest BCUT2D eigenvalue weighted by molar-refractivity contribution is 0.0686. The molecule has 0 bridgehead atoms. The van der Waals surface area contributed by atoms with Crippen molar-refractivity contribution in [3.63, 3.8) is 0 Å². The van der Waals surface area contributed by atoms with E-state index in [9.17, 15) is 13.6 Å². The highest BCUT2D eigenvalue weighted by atomic mass is 19.1. The first-order chi connectivity index (χ1) is 9.08. The lowest BCUT2D eigenvalue weighted by atomic mass is 10.1. The van der Waals surface area contributed by atoms with Crippen LogP contribution in [0.25, 0.3) is 22.3 Å². The van der Waals surface area contributed by atoms with Crippen molar-refractivity contribution >= 4 is 16.9 Å². The second-order valence-corrected chi connectivity index (χ2v) is 3.76. The quantitative estimate of drug-likeness (QED) is 0.770. The summed E-state index contributed by atoms with van der Waals surface area (Å²) in [5.74, 6) is -3.15. The number of hydrogen-bond donors (Lipinski definition) is 1. The summed E-state index contributed by atoms with van der Waals surface area (Å²) in [6, 6.07) is 3.05. The molecule has 19 heavy (non-hydrogen) atoms. The largest absolute Gasteiger partial charge is 0.476 e. The Bertz CT molecular complexity index is 790. The number of aromatic carboxylic acids is 1. The molecule has 1 N–H and O–H groups in total. The number of benzene rings is 1. The molecule has 0 saturated carbocycles. The van der Waals surface area contributed by atoms with Gasteiger partial charge in [0, 0.05) is 12.1 Å². The van der Waals surface area contributed by atoms with Crippen molar-refractivity contribution in [2.45, 2.75) is 0 Å². The second kappa shape index (κ2) is 3.91. The molecule has 1 aromatic carbocycles. The number of halogens is 2. The Morgan fingerprint density at radius 2 is 2.05 bits per heavy atom. The van der Waals surface area contributed by atoms with Gasteiger partial charge >= 0.3 is 5.97 Å². The third-order valence-corrected chi connectivity index (χ3v) is 2.62. The Balaban J connectivity index is 2.29. The molecule has 0 aliphatic carbocycles. The van der Waals surface area contributed by atoms with Gasteiger partial charge in [0.1, 0.15) is 11.6 Å². The highest BCUT2D eigenvalue weighted by molar-refractivity contribution is 5.93. The van der Waals surface area contributed by atoms with E-state index in [0.29, 0.717) is 6.07 Å². The molecule has 0 atom stereocenters. The molecule has 0 amide bonds. The van der Waals surface area contributed by atoms with Crippen molar-refractivity contribution in [1.82, 2.24) is 5.16 Å². The van der Waals surface area contributed by atoms with Gasteiger partial charge in [0.15, 0.2) is 17.0 Å². The first kappa shape index (κ1) is 11.4. The fraction of sp³-hybridized carbons (Fsp3) is 0. The Labute approximate surface area is 104 Å². The standard InChI is InChI=1S/C12H5F2NO4/c13-6-3-7(14)10(11-5(6)1-2-18-11)9-4-8(12(16)17)15-19-9/h1-4H,(H,16,17). The van der Waals surface area contributed by atoms with Crippen molar-refractivity contribution in [1.29, 1.82) is 0 Å². The lowest BCUT2D eigenvalue weighted by Gasteiger charge is -2.00. The summed E-state index contributed by atoms with van der Waals surface area (Å²) < 4.78 is 37.1. The number of aromatic nitrogens is 1. The topological polar surface area (TPSA) is 76.5 Å². The summed E-state index contributed by atoms with van der Waals surface area (Å²) in [6.07, 6.45) is 1.20. The van der Waals surface area contributed by atoms with E-state index >= 15 is 0 Å². The molecule has 96 valence electrons. The zero-order valence-electron chi connectivity index (χ0n) is 9.18. The van der Waals surface area contributed by atoms with E-state index in [2.05, 4.69) is 5.16 Å². The van der Waals surface area contributed by atoms with Crippen LogP contribution in [-0.4, -0.2) is 16.2 Å². The second-order valence-electron chi connectivity index (χ2n) is 3.76. The number of carboxylic acids is 1. The normalized spacial score (nSPS) is 11.1. The Morgan fingerprint density at radius 3 is 2.74 bits per heavy atom. The van der Waals surface area contributed by atoms with E-state index in [1.807, 2.05) is 0 Å². The van der Waals surface area contributed by atoms with Crippen molar-refractivity contribution in [2.24, 2.45) is 0 Å². The van der Waals surface area contributed by atoms with E-state index in [0.717, 1.165) is 6.07 Å². The zero-order valence-corrected chi connectivity index (χ0v) is 9.18. The van der Waals surface area contributed by atoms with E-state index in [-0.39, 0.29) is 28.0 Å². The Hall–Kier alpha value is -2.70. The number of nitrogens with zero attached hydrogens (tertiary/aromatic N) is 1. The monoisotopic (exact) mass is 265 g/mol. The van der Waals surface area contributed by atoms with Gasteiger partial charge in [0.05, 0.1) is 17.2 Å². The van der Waals surface area contributed by atoms with Gasteiger partial charge in [-0.05, 0) is 6.07 Å². The molecule has 3 rings (SSSR count). The van der Waals surface area contributed by atoms with Crippen LogP contribution in [0, 0.1) is 11.6 Å². The number of fused-ring (bicyclic) bond motifs is 1. The van der Waals surface area contributed by atoms with Gasteiger partial charge < -0.3 is 14.0 Å². The highest BCUT2D eigenvalue weighted by Crippen LogP contribution is 2.34. The number of carboxylic acid groups (broad SMARTS) is 1. The predicted molar refractivity (Wildman–Crippen MR) is 58.6 cm³/mol. The summed E-state index contributed by atoms with van der Waals surface area (Å²) in [7, 11) is 0. The Morgan fingerprint density at radius 1 is 1.26 bits per heavy atom. The van der Waals surface area contributed by atoms with Crippen molar-refractivity contribution in [2.75, 3.05) is 0 Å². The molecule has 0 radical (unpaired) electrons. The van der Waals surface area contributed by atoms with Crippen LogP contribution < -0.4 is 0 Å². The molecule has 0 fully saturated rings. The average molecular weight is 265 g/mol. The number of rotatable bonds is 2. The van der Waals surface area contributed by atoms with Crippen molar-refractivity contribution < 1.29 is 27.6 Å². The first-order valence-corrected chi connectivity index (χ1v) is 5.13. The molecule has 0 aliphatic heterocycles. The van der Waals surface area contributed by atoms with Gasteiger partial charge in [-0.3, -0.25) is 0 Å². The van der Waals surface area contributed by atoms with Crippen LogP contribution in [0.2, 0.25) is 0 Å². The van der Waals surface area contributed by atoms with Crippen molar-refractivity contribution in [3.8, 4) is 11.3 Å². The fourth-order valence-corrected chi connectivity index (χ4v) is 1.78. The van der Waals surface area contributed by atoms with Crippen LogP contribution in [0.3, 0.4) is 0 Å². The lowest BCUT2D eigenvalue weighted by Crippen LogP contribution is -1.94. The molecule has 2 heterocycles. The van der Waals surface area contributed by atoms with E-state index < -0.39 is 17.6 Å². The molecule has 5 nitrogen and oxygen atoms in total. The molecular weight excluding hydrogens is 260 g/mol. The van der Waals surface area contributed by atoms with Crippen LogP contribution in [0.15, 0.2) is 33.4 Å². The van der Waals surface area contributed by atoms with Crippen LogP contribution in [0.1, 0.15) is 10.5 Å². The SMILES string of the molecule is O=C(O)c1cc(-c2c(F)cc(F)c3ccoc23)on1. The summed E-state index contributed by atoms with van der Waals surface area (Å²) in [5, 5.41) is 12.1. The van der Waals surface area contributed by atoms with Crippen LogP contribution in [0.4, 0.5) is 8.78 Å². The first-order valence-electron chi connectivity index (χ1n) is 5.13. The molecular formula is C12H5F2NO4. The maximum absolute atomic E-state index is 13.8. The summed E-state index contributed by atoms with van der Waals surface area (Å²) in [4.78, 5) is 10.7. The minimum Gasteiger partial charge on any atom is -0.476 e. The van der Waals surface area contributed by atoms with Gasteiger partial charge in [-0.25, -0.2) is 13.6 Å². The predicted octanol–water partition coefficient (Wildman–Crippen LogP) is 3.06. The highest BCUT2D eigenvalue weighted by Gasteiger charge is 2.21. The summed E-state index contributed by atoms with van der Waals surface area (Å²) in [5.41, 5.74) is -0.606. The third kappa shape index (κ3) is 1.67. The average Bonchev–Trinajstić information content (AvgIpc) is 2.97. The number of carbonyl (C=O) groups is 1. The molecule has 0 aliphatic rings. The molecule has 0 unspecified atom stereocenters.